The number of aromatic nitrogens is 1. The molecule has 2 aromatic rings. The highest BCUT2D eigenvalue weighted by molar-refractivity contribution is 9.10. The molecule has 0 aliphatic carbocycles. The van der Waals surface area contributed by atoms with Crippen LogP contribution in [0.4, 0.5) is 8.78 Å². The standard InChI is InChI=1S/C12H10BrF2N/c1-16-10(6-7-11(16)12(14)15)8-4-2-3-5-9(8)13/h2-7,12H,1H3. The Morgan fingerprint density at radius 1 is 1.12 bits per heavy atom. The van der Waals surface area contributed by atoms with Crippen LogP contribution < -0.4 is 0 Å². The predicted octanol–water partition coefficient (Wildman–Crippen LogP) is 4.39. The average Bonchev–Trinajstić information content (AvgIpc) is 2.61. The second-order valence-corrected chi connectivity index (χ2v) is 4.34. The molecular weight excluding hydrogens is 276 g/mol. The first-order valence-corrected chi connectivity index (χ1v) is 5.59. The van der Waals surface area contributed by atoms with Gasteiger partial charge >= 0.3 is 0 Å². The monoisotopic (exact) mass is 285 g/mol. The zero-order valence-corrected chi connectivity index (χ0v) is 10.2. The van der Waals surface area contributed by atoms with Crippen molar-refractivity contribution >= 4 is 15.9 Å². The van der Waals surface area contributed by atoms with Gasteiger partial charge in [0, 0.05) is 22.8 Å². The van der Waals surface area contributed by atoms with Gasteiger partial charge in [0.15, 0.2) is 0 Å². The van der Waals surface area contributed by atoms with Gasteiger partial charge in [0.1, 0.15) is 0 Å². The number of benzene rings is 1. The molecule has 4 heteroatoms. The minimum Gasteiger partial charge on any atom is -0.343 e. The van der Waals surface area contributed by atoms with Crippen molar-refractivity contribution in [2.75, 3.05) is 0 Å². The number of hydrogen-bond donors (Lipinski definition) is 0. The van der Waals surface area contributed by atoms with Gasteiger partial charge in [-0.3, -0.25) is 0 Å². The molecule has 0 N–H and O–H groups in total. The molecule has 0 bridgehead atoms. The SMILES string of the molecule is Cn1c(-c2ccccc2Br)ccc1C(F)F. The van der Waals surface area contributed by atoms with Crippen molar-refractivity contribution in [3.8, 4) is 11.3 Å². The summed E-state index contributed by atoms with van der Waals surface area (Å²) in [7, 11) is 1.65. The van der Waals surface area contributed by atoms with Crippen LogP contribution in [0, 0.1) is 0 Å². The molecule has 0 saturated carbocycles. The van der Waals surface area contributed by atoms with Gasteiger partial charge in [-0.15, -0.1) is 0 Å². The second-order valence-electron chi connectivity index (χ2n) is 3.48. The van der Waals surface area contributed by atoms with Crippen LogP contribution >= 0.6 is 15.9 Å². The van der Waals surface area contributed by atoms with Crippen LogP contribution in [0.3, 0.4) is 0 Å². The topological polar surface area (TPSA) is 4.93 Å². The molecule has 0 radical (unpaired) electrons. The summed E-state index contributed by atoms with van der Waals surface area (Å²) in [5, 5.41) is 0. The fraction of sp³-hybridized carbons (Fsp3) is 0.167. The summed E-state index contributed by atoms with van der Waals surface area (Å²) in [6.45, 7) is 0. The lowest BCUT2D eigenvalue weighted by atomic mass is 10.1. The normalized spacial score (nSPS) is 11.1. The average molecular weight is 286 g/mol. The third-order valence-corrected chi connectivity index (χ3v) is 3.23. The lowest BCUT2D eigenvalue weighted by Gasteiger charge is -2.08. The van der Waals surface area contributed by atoms with Gasteiger partial charge in [0.05, 0.1) is 5.69 Å². The summed E-state index contributed by atoms with van der Waals surface area (Å²) in [5.74, 6) is 0. The molecule has 0 amide bonds. The number of nitrogens with zero attached hydrogens (tertiary/aromatic N) is 1. The van der Waals surface area contributed by atoms with Crippen molar-refractivity contribution in [1.82, 2.24) is 4.57 Å². The van der Waals surface area contributed by atoms with Crippen molar-refractivity contribution in [2.24, 2.45) is 7.05 Å². The van der Waals surface area contributed by atoms with E-state index in [4.69, 9.17) is 0 Å². The summed E-state index contributed by atoms with van der Waals surface area (Å²) in [5.41, 5.74) is 1.73. The summed E-state index contributed by atoms with van der Waals surface area (Å²) >= 11 is 3.41. The predicted molar refractivity (Wildman–Crippen MR) is 63.5 cm³/mol. The Balaban J connectivity index is 2.54. The maximum absolute atomic E-state index is 12.6. The highest BCUT2D eigenvalue weighted by atomic mass is 79.9. The number of rotatable bonds is 2. The number of alkyl halides is 2. The molecule has 1 nitrogen and oxygen atoms in total. The molecule has 0 aliphatic heterocycles. The van der Waals surface area contributed by atoms with Gasteiger partial charge in [-0.05, 0) is 18.2 Å². The zero-order chi connectivity index (χ0) is 11.7. The Labute approximate surface area is 101 Å². The fourth-order valence-electron chi connectivity index (χ4n) is 1.69. The fourth-order valence-corrected chi connectivity index (χ4v) is 2.17. The second kappa shape index (κ2) is 4.37. The van der Waals surface area contributed by atoms with E-state index in [1.54, 1.807) is 13.1 Å². The Morgan fingerprint density at radius 2 is 1.81 bits per heavy atom. The molecule has 0 spiro atoms. The molecule has 1 heterocycles. The minimum atomic E-state index is -2.44. The van der Waals surface area contributed by atoms with Crippen molar-refractivity contribution in [3.63, 3.8) is 0 Å². The molecule has 1 aromatic heterocycles. The maximum Gasteiger partial charge on any atom is 0.278 e. The largest absolute Gasteiger partial charge is 0.343 e. The van der Waals surface area contributed by atoms with E-state index in [2.05, 4.69) is 15.9 Å². The van der Waals surface area contributed by atoms with Crippen molar-refractivity contribution < 1.29 is 8.78 Å². The van der Waals surface area contributed by atoms with Crippen molar-refractivity contribution in [1.29, 1.82) is 0 Å². The summed E-state index contributed by atoms with van der Waals surface area (Å²) in [6.07, 6.45) is -2.44. The number of hydrogen-bond acceptors (Lipinski definition) is 0. The van der Waals surface area contributed by atoms with Gasteiger partial charge < -0.3 is 4.57 Å². The Kier molecular flexibility index (Phi) is 3.10. The molecule has 0 saturated heterocycles. The quantitative estimate of drug-likeness (QED) is 0.771. The first kappa shape index (κ1) is 11.3. The highest BCUT2D eigenvalue weighted by Crippen LogP contribution is 2.31. The van der Waals surface area contributed by atoms with Crippen molar-refractivity contribution in [2.45, 2.75) is 6.43 Å². The molecule has 16 heavy (non-hydrogen) atoms. The van der Waals surface area contributed by atoms with E-state index in [1.807, 2.05) is 24.3 Å². The Hall–Kier alpha value is -1.16. The van der Waals surface area contributed by atoms with E-state index in [0.717, 1.165) is 15.7 Å². The summed E-state index contributed by atoms with van der Waals surface area (Å²) in [6, 6.07) is 10.7. The molecule has 0 fully saturated rings. The van der Waals surface area contributed by atoms with Crippen LogP contribution in [0.1, 0.15) is 12.1 Å². The molecule has 0 atom stereocenters. The zero-order valence-electron chi connectivity index (χ0n) is 8.62. The van der Waals surface area contributed by atoms with E-state index >= 15 is 0 Å². The molecule has 0 unspecified atom stereocenters. The first-order chi connectivity index (χ1) is 7.61. The Morgan fingerprint density at radius 3 is 2.38 bits per heavy atom. The van der Waals surface area contributed by atoms with Gasteiger partial charge in [-0.25, -0.2) is 8.78 Å². The Bertz CT molecular complexity index is 505. The van der Waals surface area contributed by atoms with E-state index in [-0.39, 0.29) is 5.69 Å². The van der Waals surface area contributed by atoms with Crippen LogP contribution in [0.25, 0.3) is 11.3 Å². The molecule has 1 aromatic carbocycles. The maximum atomic E-state index is 12.6. The van der Waals surface area contributed by atoms with Crippen LogP contribution in [0.15, 0.2) is 40.9 Å². The van der Waals surface area contributed by atoms with Crippen LogP contribution in [0.5, 0.6) is 0 Å². The summed E-state index contributed by atoms with van der Waals surface area (Å²) in [4.78, 5) is 0. The van der Waals surface area contributed by atoms with E-state index in [1.165, 1.54) is 10.6 Å². The van der Waals surface area contributed by atoms with Crippen LogP contribution in [-0.4, -0.2) is 4.57 Å². The lowest BCUT2D eigenvalue weighted by Crippen LogP contribution is -1.98. The lowest BCUT2D eigenvalue weighted by molar-refractivity contribution is 0.142. The van der Waals surface area contributed by atoms with Crippen LogP contribution in [0.2, 0.25) is 0 Å². The molecular formula is C12H10BrF2N. The third-order valence-electron chi connectivity index (χ3n) is 2.53. The smallest absolute Gasteiger partial charge is 0.278 e. The van der Waals surface area contributed by atoms with E-state index in [0.29, 0.717) is 0 Å². The van der Waals surface area contributed by atoms with Gasteiger partial charge in [-0.1, -0.05) is 34.1 Å². The minimum absolute atomic E-state index is 0.0331. The van der Waals surface area contributed by atoms with Gasteiger partial charge in [0.25, 0.3) is 6.43 Å². The van der Waals surface area contributed by atoms with E-state index < -0.39 is 6.43 Å². The van der Waals surface area contributed by atoms with E-state index in [9.17, 15) is 8.78 Å². The molecule has 0 aliphatic rings. The third kappa shape index (κ3) is 1.89. The van der Waals surface area contributed by atoms with Gasteiger partial charge in [0.2, 0.25) is 0 Å². The van der Waals surface area contributed by atoms with Crippen LogP contribution in [-0.2, 0) is 7.05 Å². The summed E-state index contributed by atoms with van der Waals surface area (Å²) < 4.78 is 27.7. The molecule has 2 rings (SSSR count). The van der Waals surface area contributed by atoms with Crippen molar-refractivity contribution in [3.05, 3.63) is 46.6 Å². The molecule has 84 valence electrons. The first-order valence-electron chi connectivity index (χ1n) is 4.80. The van der Waals surface area contributed by atoms with Gasteiger partial charge in [-0.2, -0.15) is 0 Å². The highest BCUT2D eigenvalue weighted by Gasteiger charge is 2.15. The number of halogens is 3.